The lowest BCUT2D eigenvalue weighted by Crippen LogP contribution is -2.32. The number of carbonyl (C=O) groups is 1. The second-order valence-corrected chi connectivity index (χ2v) is 4.58. The molecule has 1 aliphatic heterocycles. The molecule has 1 aromatic rings. The number of methoxy groups -OCH3 is 1. The van der Waals surface area contributed by atoms with Crippen molar-refractivity contribution in [1.82, 2.24) is 14.9 Å². The first-order chi connectivity index (χ1) is 8.61. The maximum Gasteiger partial charge on any atom is 0.227 e. The Morgan fingerprint density at radius 1 is 1.50 bits per heavy atom. The first kappa shape index (κ1) is 12.6. The first-order valence-electron chi connectivity index (χ1n) is 5.94. The molecule has 1 unspecified atom stereocenters. The van der Waals surface area contributed by atoms with Gasteiger partial charge in [-0.25, -0.2) is 9.97 Å². The molecule has 1 saturated heterocycles. The van der Waals surface area contributed by atoms with E-state index in [1.165, 1.54) is 6.33 Å². The average Bonchev–Trinajstić information content (AvgIpc) is 2.87. The lowest BCUT2D eigenvalue weighted by atomic mass is 10.1. The van der Waals surface area contributed by atoms with Gasteiger partial charge in [0.2, 0.25) is 11.8 Å². The monoisotopic (exact) mass is 250 g/mol. The van der Waals surface area contributed by atoms with Crippen molar-refractivity contribution < 1.29 is 9.53 Å². The number of carbonyl (C=O) groups excluding carboxylic acids is 1. The number of ether oxygens (including phenoxy) is 1. The smallest absolute Gasteiger partial charge is 0.227 e. The van der Waals surface area contributed by atoms with E-state index in [0.29, 0.717) is 12.4 Å². The average molecular weight is 250 g/mol. The van der Waals surface area contributed by atoms with Crippen molar-refractivity contribution in [2.45, 2.75) is 6.42 Å². The molecule has 6 heteroatoms. The third kappa shape index (κ3) is 2.52. The van der Waals surface area contributed by atoms with E-state index < -0.39 is 0 Å². The SMILES string of the molecule is COc1cc(N2CCC(C(=O)N(C)C)C2)ncn1. The molecule has 6 nitrogen and oxygen atoms in total. The molecular weight excluding hydrogens is 232 g/mol. The number of hydrogen-bond donors (Lipinski definition) is 0. The molecule has 18 heavy (non-hydrogen) atoms. The second-order valence-electron chi connectivity index (χ2n) is 4.58. The van der Waals surface area contributed by atoms with Crippen LogP contribution in [0.4, 0.5) is 5.82 Å². The number of amides is 1. The largest absolute Gasteiger partial charge is 0.481 e. The predicted octanol–water partition coefficient (Wildman–Crippen LogP) is 0.400. The van der Waals surface area contributed by atoms with Crippen molar-refractivity contribution >= 4 is 11.7 Å². The summed E-state index contributed by atoms with van der Waals surface area (Å²) in [5.41, 5.74) is 0. The van der Waals surface area contributed by atoms with Crippen LogP contribution in [0.25, 0.3) is 0 Å². The Morgan fingerprint density at radius 3 is 2.94 bits per heavy atom. The molecule has 1 aliphatic rings. The summed E-state index contributed by atoms with van der Waals surface area (Å²) in [5, 5.41) is 0. The minimum absolute atomic E-state index is 0.0564. The summed E-state index contributed by atoms with van der Waals surface area (Å²) < 4.78 is 5.07. The molecule has 0 saturated carbocycles. The van der Waals surface area contributed by atoms with Crippen molar-refractivity contribution in [2.24, 2.45) is 5.92 Å². The van der Waals surface area contributed by atoms with E-state index in [1.54, 1.807) is 32.2 Å². The second kappa shape index (κ2) is 5.20. The Kier molecular flexibility index (Phi) is 3.64. The molecule has 0 N–H and O–H groups in total. The summed E-state index contributed by atoms with van der Waals surface area (Å²) in [5.74, 6) is 1.60. The van der Waals surface area contributed by atoms with Crippen LogP contribution in [0.2, 0.25) is 0 Å². The van der Waals surface area contributed by atoms with Crippen molar-refractivity contribution in [2.75, 3.05) is 39.2 Å². The summed E-state index contributed by atoms with van der Waals surface area (Å²) in [7, 11) is 5.16. The molecule has 0 radical (unpaired) electrons. The van der Waals surface area contributed by atoms with Crippen LogP contribution in [0.1, 0.15) is 6.42 Å². The topological polar surface area (TPSA) is 58.6 Å². The number of rotatable bonds is 3. The molecular formula is C12H18N4O2. The van der Waals surface area contributed by atoms with Gasteiger partial charge in [-0.1, -0.05) is 0 Å². The highest BCUT2D eigenvalue weighted by Crippen LogP contribution is 2.24. The third-order valence-electron chi connectivity index (χ3n) is 3.14. The fourth-order valence-corrected chi connectivity index (χ4v) is 2.15. The van der Waals surface area contributed by atoms with Gasteiger partial charge in [0.05, 0.1) is 13.0 Å². The first-order valence-corrected chi connectivity index (χ1v) is 5.94. The molecule has 0 aromatic carbocycles. The molecule has 2 heterocycles. The van der Waals surface area contributed by atoms with Crippen molar-refractivity contribution in [1.29, 1.82) is 0 Å². The van der Waals surface area contributed by atoms with Crippen LogP contribution in [0.5, 0.6) is 5.88 Å². The summed E-state index contributed by atoms with van der Waals surface area (Å²) >= 11 is 0. The molecule has 1 fully saturated rings. The van der Waals surface area contributed by atoms with Gasteiger partial charge in [0.1, 0.15) is 12.1 Å². The van der Waals surface area contributed by atoms with Crippen LogP contribution >= 0.6 is 0 Å². The maximum absolute atomic E-state index is 11.9. The van der Waals surface area contributed by atoms with Gasteiger partial charge in [0, 0.05) is 33.3 Å². The van der Waals surface area contributed by atoms with Crippen LogP contribution in [-0.4, -0.2) is 55.1 Å². The van der Waals surface area contributed by atoms with Gasteiger partial charge in [0.15, 0.2) is 0 Å². The van der Waals surface area contributed by atoms with E-state index in [-0.39, 0.29) is 11.8 Å². The molecule has 1 atom stereocenters. The number of anilines is 1. The number of nitrogens with zero attached hydrogens (tertiary/aromatic N) is 4. The molecule has 98 valence electrons. The van der Waals surface area contributed by atoms with Crippen molar-refractivity contribution in [3.8, 4) is 5.88 Å². The van der Waals surface area contributed by atoms with Crippen molar-refractivity contribution in [3.05, 3.63) is 12.4 Å². The zero-order valence-electron chi connectivity index (χ0n) is 11.0. The van der Waals surface area contributed by atoms with Crippen LogP contribution in [0.3, 0.4) is 0 Å². The Bertz CT molecular complexity index is 436. The number of hydrogen-bond acceptors (Lipinski definition) is 5. The highest BCUT2D eigenvalue weighted by molar-refractivity contribution is 5.79. The Balaban J connectivity index is 2.06. The van der Waals surface area contributed by atoms with Gasteiger partial charge in [-0.05, 0) is 6.42 Å². The summed E-state index contributed by atoms with van der Waals surface area (Å²) in [6.45, 7) is 1.54. The summed E-state index contributed by atoms with van der Waals surface area (Å²) in [6.07, 6.45) is 2.35. The highest BCUT2D eigenvalue weighted by Gasteiger charge is 2.30. The highest BCUT2D eigenvalue weighted by atomic mass is 16.5. The van der Waals surface area contributed by atoms with E-state index in [9.17, 15) is 4.79 Å². The van der Waals surface area contributed by atoms with Crippen molar-refractivity contribution in [3.63, 3.8) is 0 Å². The van der Waals surface area contributed by atoms with Crippen LogP contribution in [0.15, 0.2) is 12.4 Å². The van der Waals surface area contributed by atoms with Crippen LogP contribution in [-0.2, 0) is 4.79 Å². The maximum atomic E-state index is 11.9. The van der Waals surface area contributed by atoms with E-state index in [2.05, 4.69) is 14.9 Å². The zero-order chi connectivity index (χ0) is 13.1. The van der Waals surface area contributed by atoms with E-state index in [1.807, 2.05) is 0 Å². The van der Waals surface area contributed by atoms with E-state index in [0.717, 1.165) is 18.8 Å². The van der Waals surface area contributed by atoms with Crippen LogP contribution in [0, 0.1) is 5.92 Å². The van der Waals surface area contributed by atoms with Crippen LogP contribution < -0.4 is 9.64 Å². The van der Waals surface area contributed by atoms with E-state index in [4.69, 9.17) is 4.74 Å². The van der Waals surface area contributed by atoms with Gasteiger partial charge in [-0.3, -0.25) is 4.79 Å². The lowest BCUT2D eigenvalue weighted by Gasteiger charge is -2.19. The normalized spacial score (nSPS) is 18.8. The molecule has 0 aliphatic carbocycles. The Hall–Kier alpha value is -1.85. The predicted molar refractivity (Wildman–Crippen MR) is 67.6 cm³/mol. The molecule has 1 amide bonds. The van der Waals surface area contributed by atoms with Gasteiger partial charge in [-0.15, -0.1) is 0 Å². The fraction of sp³-hybridized carbons (Fsp3) is 0.583. The zero-order valence-corrected chi connectivity index (χ0v) is 11.0. The van der Waals surface area contributed by atoms with Gasteiger partial charge in [-0.2, -0.15) is 0 Å². The summed E-state index contributed by atoms with van der Waals surface area (Å²) in [6, 6.07) is 1.79. The van der Waals surface area contributed by atoms with Gasteiger partial charge >= 0.3 is 0 Å². The Morgan fingerprint density at radius 2 is 2.28 bits per heavy atom. The Labute approximate surface area is 107 Å². The fourth-order valence-electron chi connectivity index (χ4n) is 2.15. The lowest BCUT2D eigenvalue weighted by molar-refractivity contribution is -0.132. The minimum atomic E-state index is 0.0564. The molecule has 1 aromatic heterocycles. The minimum Gasteiger partial charge on any atom is -0.481 e. The number of aromatic nitrogens is 2. The molecule has 2 rings (SSSR count). The van der Waals surface area contributed by atoms with Gasteiger partial charge < -0.3 is 14.5 Å². The van der Waals surface area contributed by atoms with E-state index >= 15 is 0 Å². The third-order valence-corrected chi connectivity index (χ3v) is 3.14. The molecule has 0 bridgehead atoms. The van der Waals surface area contributed by atoms with Gasteiger partial charge in [0.25, 0.3) is 0 Å². The molecule has 0 spiro atoms. The summed E-state index contributed by atoms with van der Waals surface area (Å²) in [4.78, 5) is 23.8. The standard InChI is InChI=1S/C12H18N4O2/c1-15(2)12(17)9-4-5-16(7-9)10-6-11(18-3)14-8-13-10/h6,8-9H,4-5,7H2,1-3H3. The quantitative estimate of drug-likeness (QED) is 0.777.